The normalized spacial score (nSPS) is 15.8. The Balaban J connectivity index is 1.28. The van der Waals surface area contributed by atoms with Crippen molar-refractivity contribution in [1.29, 1.82) is 0 Å². The number of nitrogens with zero attached hydrogens (tertiary/aromatic N) is 2. The smallest absolute Gasteiger partial charge is 0.338 e. The van der Waals surface area contributed by atoms with Gasteiger partial charge in [0, 0.05) is 23.1 Å². The summed E-state index contributed by atoms with van der Waals surface area (Å²) in [6.07, 6.45) is 1.74. The van der Waals surface area contributed by atoms with Crippen LogP contribution < -0.4 is 20.3 Å². The number of nitrogens with one attached hydrogen (secondary N) is 2. The highest BCUT2D eigenvalue weighted by Gasteiger charge is 2.42. The van der Waals surface area contributed by atoms with Crippen molar-refractivity contribution in [3.05, 3.63) is 132 Å². The number of benzene rings is 3. The second-order valence-electron chi connectivity index (χ2n) is 9.93. The summed E-state index contributed by atoms with van der Waals surface area (Å²) in [5.41, 5.74) is 3.22. The number of esters is 1. The van der Waals surface area contributed by atoms with Crippen molar-refractivity contribution < 1.29 is 23.5 Å². The summed E-state index contributed by atoms with van der Waals surface area (Å²) in [6.45, 7) is -0.111. The third-order valence-corrected chi connectivity index (χ3v) is 7.47. The number of carbonyl (C=O) groups excluding carboxylic acids is 2. The highest BCUT2D eigenvalue weighted by molar-refractivity contribution is 7.80. The Hall–Kier alpha value is -5.48. The number of hydrogen-bond donors (Lipinski definition) is 2. The van der Waals surface area contributed by atoms with Crippen LogP contribution in [0.1, 0.15) is 33.9 Å². The molecule has 2 aromatic heterocycles. The number of hydrogen-bond acceptors (Lipinski definition) is 7. The zero-order valence-electron chi connectivity index (χ0n) is 23.7. The summed E-state index contributed by atoms with van der Waals surface area (Å²) in [5, 5.41) is 6.76. The van der Waals surface area contributed by atoms with E-state index in [1.54, 1.807) is 30.5 Å². The lowest BCUT2D eigenvalue weighted by Gasteiger charge is -2.26. The number of ether oxygens (including phenoxy) is 2. The molecule has 3 heterocycles. The van der Waals surface area contributed by atoms with E-state index in [2.05, 4.69) is 15.6 Å². The minimum Gasteiger partial charge on any atom is -0.484 e. The molecule has 1 fully saturated rings. The molecule has 10 heteroatoms. The Morgan fingerprint density at radius 1 is 0.932 bits per heavy atom. The second-order valence-corrected chi connectivity index (χ2v) is 10.3. The van der Waals surface area contributed by atoms with Crippen LogP contribution in [0.15, 0.2) is 120 Å². The van der Waals surface area contributed by atoms with Crippen molar-refractivity contribution in [3.63, 3.8) is 0 Å². The van der Waals surface area contributed by atoms with Gasteiger partial charge < -0.3 is 29.4 Å². The fourth-order valence-electron chi connectivity index (χ4n) is 5.13. The van der Waals surface area contributed by atoms with E-state index in [1.165, 1.54) is 7.11 Å². The van der Waals surface area contributed by atoms with Crippen LogP contribution in [0.5, 0.6) is 5.75 Å². The topological polar surface area (TPSA) is 106 Å². The summed E-state index contributed by atoms with van der Waals surface area (Å²) in [4.78, 5) is 31.5. The largest absolute Gasteiger partial charge is 0.484 e. The van der Waals surface area contributed by atoms with E-state index in [1.807, 2.05) is 89.8 Å². The molecule has 1 aliphatic heterocycles. The molecule has 1 saturated heterocycles. The number of amides is 1. The SMILES string of the molecule is COC(=O)c1ccccc1-c1ccc([C@@H]2[C@H](c3ccccn3)NC(=S)N2c2ccc(NC(=O)COc3ccccc3)cc2)o1. The summed E-state index contributed by atoms with van der Waals surface area (Å²) in [5.74, 6) is 1.04. The van der Waals surface area contributed by atoms with Crippen LogP contribution in [0.3, 0.4) is 0 Å². The highest BCUT2D eigenvalue weighted by atomic mass is 32.1. The maximum atomic E-state index is 12.5. The van der Waals surface area contributed by atoms with Crippen molar-refractivity contribution >= 4 is 40.6 Å². The molecule has 2 N–H and O–H groups in total. The number of anilines is 2. The van der Waals surface area contributed by atoms with Crippen LogP contribution in [0, 0.1) is 0 Å². The van der Waals surface area contributed by atoms with Gasteiger partial charge in [0.05, 0.1) is 24.4 Å². The monoisotopic (exact) mass is 604 g/mol. The van der Waals surface area contributed by atoms with Gasteiger partial charge in [0.15, 0.2) is 11.7 Å². The van der Waals surface area contributed by atoms with Crippen molar-refractivity contribution in [2.45, 2.75) is 12.1 Å². The predicted octanol–water partition coefficient (Wildman–Crippen LogP) is 6.32. The van der Waals surface area contributed by atoms with Gasteiger partial charge in [0.25, 0.3) is 5.91 Å². The molecule has 2 atom stereocenters. The minimum absolute atomic E-state index is 0.111. The number of rotatable bonds is 9. The van der Waals surface area contributed by atoms with Crippen LogP contribution in [-0.4, -0.2) is 35.7 Å². The van der Waals surface area contributed by atoms with Gasteiger partial charge in [0.2, 0.25) is 0 Å². The van der Waals surface area contributed by atoms with Crippen molar-refractivity contribution in [1.82, 2.24) is 10.3 Å². The van der Waals surface area contributed by atoms with Crippen LogP contribution in [0.4, 0.5) is 11.4 Å². The third-order valence-electron chi connectivity index (χ3n) is 7.16. The fraction of sp³-hybridized carbons (Fsp3) is 0.118. The molecule has 1 amide bonds. The molecule has 0 bridgehead atoms. The lowest BCUT2D eigenvalue weighted by atomic mass is 10.0. The molecule has 0 saturated carbocycles. The Kier molecular flexibility index (Phi) is 8.33. The van der Waals surface area contributed by atoms with Crippen LogP contribution in [0.25, 0.3) is 11.3 Å². The first kappa shape index (κ1) is 28.6. The van der Waals surface area contributed by atoms with Gasteiger partial charge in [-0.2, -0.15) is 0 Å². The second kappa shape index (κ2) is 12.8. The molecule has 0 spiro atoms. The maximum Gasteiger partial charge on any atom is 0.338 e. The lowest BCUT2D eigenvalue weighted by Crippen LogP contribution is -2.29. The molecular weight excluding hydrogens is 576 g/mol. The van der Waals surface area contributed by atoms with E-state index in [0.29, 0.717) is 39.2 Å². The first-order chi connectivity index (χ1) is 21.5. The molecule has 3 aromatic carbocycles. The van der Waals surface area contributed by atoms with Gasteiger partial charge in [-0.25, -0.2) is 4.79 Å². The van der Waals surface area contributed by atoms with Gasteiger partial charge in [-0.15, -0.1) is 0 Å². The van der Waals surface area contributed by atoms with Crippen molar-refractivity contribution in [2.24, 2.45) is 0 Å². The van der Waals surface area contributed by atoms with Gasteiger partial charge in [-0.1, -0.05) is 42.5 Å². The summed E-state index contributed by atoms with van der Waals surface area (Å²) in [7, 11) is 1.35. The third kappa shape index (κ3) is 6.02. The molecule has 220 valence electrons. The van der Waals surface area contributed by atoms with Gasteiger partial charge in [-0.05, 0) is 78.9 Å². The number of carbonyl (C=O) groups is 2. The van der Waals surface area contributed by atoms with E-state index in [9.17, 15) is 9.59 Å². The zero-order valence-corrected chi connectivity index (χ0v) is 24.5. The van der Waals surface area contributed by atoms with E-state index in [-0.39, 0.29) is 18.6 Å². The molecule has 1 aliphatic rings. The molecule has 0 aliphatic carbocycles. The summed E-state index contributed by atoms with van der Waals surface area (Å²) in [6, 6.07) is 32.4. The molecule has 0 radical (unpaired) electrons. The van der Waals surface area contributed by atoms with Crippen LogP contribution in [0.2, 0.25) is 0 Å². The maximum absolute atomic E-state index is 12.5. The predicted molar refractivity (Wildman–Crippen MR) is 170 cm³/mol. The fourth-order valence-corrected chi connectivity index (χ4v) is 5.48. The number of thiocarbonyl (C=S) groups is 1. The molecule has 44 heavy (non-hydrogen) atoms. The first-order valence-electron chi connectivity index (χ1n) is 13.9. The average Bonchev–Trinajstić information content (AvgIpc) is 3.69. The molecule has 9 nitrogen and oxygen atoms in total. The molecule has 6 rings (SSSR count). The first-order valence-corrected chi connectivity index (χ1v) is 14.3. The average molecular weight is 605 g/mol. The van der Waals surface area contributed by atoms with E-state index in [0.717, 1.165) is 11.4 Å². The van der Waals surface area contributed by atoms with E-state index in [4.69, 9.17) is 26.1 Å². The van der Waals surface area contributed by atoms with E-state index >= 15 is 0 Å². The standard InChI is InChI=1S/C34H28N4O5S/c1-41-33(40)26-12-6-5-11-25(26)28-18-19-29(43-28)32-31(27-13-7-8-20-35-27)37-34(44)38(32)23-16-14-22(15-17-23)36-30(39)21-42-24-9-3-2-4-10-24/h2-20,31-32H,21H2,1H3,(H,36,39)(H,37,44)/t31-,32+/m0/s1. The van der Waals surface area contributed by atoms with Crippen LogP contribution in [-0.2, 0) is 9.53 Å². The van der Waals surface area contributed by atoms with Gasteiger partial charge in [-0.3, -0.25) is 9.78 Å². The number of aromatic nitrogens is 1. The van der Waals surface area contributed by atoms with E-state index < -0.39 is 12.0 Å². The Bertz CT molecular complexity index is 1780. The highest BCUT2D eigenvalue weighted by Crippen LogP contribution is 2.43. The Morgan fingerprint density at radius 2 is 1.68 bits per heavy atom. The lowest BCUT2D eigenvalue weighted by molar-refractivity contribution is -0.118. The van der Waals surface area contributed by atoms with Gasteiger partial charge >= 0.3 is 5.97 Å². The molecular formula is C34H28N4O5S. The molecule has 5 aromatic rings. The zero-order chi connectivity index (χ0) is 30.5. The number of pyridine rings is 1. The minimum atomic E-state index is -0.450. The Labute approximate surface area is 259 Å². The number of para-hydroxylation sites is 1. The van der Waals surface area contributed by atoms with Crippen molar-refractivity contribution in [2.75, 3.05) is 23.9 Å². The summed E-state index contributed by atoms with van der Waals surface area (Å²) >= 11 is 5.83. The number of methoxy groups -OCH3 is 1. The molecule has 0 unspecified atom stereocenters. The van der Waals surface area contributed by atoms with Crippen LogP contribution >= 0.6 is 12.2 Å². The Morgan fingerprint density at radius 3 is 2.43 bits per heavy atom. The summed E-state index contributed by atoms with van der Waals surface area (Å²) < 4.78 is 17.0. The number of furan rings is 1. The quantitative estimate of drug-likeness (QED) is 0.148. The van der Waals surface area contributed by atoms with Crippen molar-refractivity contribution in [3.8, 4) is 17.1 Å². The van der Waals surface area contributed by atoms with Gasteiger partial charge in [0.1, 0.15) is 23.3 Å².